The van der Waals surface area contributed by atoms with Crippen LogP contribution in [0.3, 0.4) is 0 Å². The van der Waals surface area contributed by atoms with Crippen LogP contribution in [-0.4, -0.2) is 51.3 Å². The van der Waals surface area contributed by atoms with E-state index in [0.717, 1.165) is 9.87 Å². The summed E-state index contributed by atoms with van der Waals surface area (Å²) in [4.78, 5) is 14.5. The molecule has 0 bridgehead atoms. The SMILES string of the molecule is CCN(Cc1cccc(Cl)c1)C(=O)c1ccc(OC)c(S(=O)(=O)N(C)C)c1. The Hall–Kier alpha value is -2.09. The van der Waals surface area contributed by atoms with E-state index >= 15 is 0 Å². The summed E-state index contributed by atoms with van der Waals surface area (Å²) in [6.07, 6.45) is 0. The fourth-order valence-corrected chi connectivity index (χ4v) is 3.86. The van der Waals surface area contributed by atoms with Gasteiger partial charge in [-0.25, -0.2) is 12.7 Å². The molecule has 2 aromatic rings. The van der Waals surface area contributed by atoms with E-state index in [9.17, 15) is 13.2 Å². The van der Waals surface area contributed by atoms with Gasteiger partial charge in [-0.3, -0.25) is 4.79 Å². The molecule has 0 aliphatic rings. The highest BCUT2D eigenvalue weighted by Gasteiger charge is 2.25. The molecule has 0 N–H and O–H groups in total. The summed E-state index contributed by atoms with van der Waals surface area (Å²) in [7, 11) is 0.502. The van der Waals surface area contributed by atoms with Gasteiger partial charge in [-0.05, 0) is 42.8 Å². The monoisotopic (exact) mass is 410 g/mol. The van der Waals surface area contributed by atoms with E-state index in [4.69, 9.17) is 16.3 Å². The number of carbonyl (C=O) groups is 1. The average Bonchev–Trinajstić information content (AvgIpc) is 2.64. The number of carbonyl (C=O) groups excluding carboxylic acids is 1. The Bertz CT molecular complexity index is 929. The minimum Gasteiger partial charge on any atom is -0.495 e. The Labute approximate surface area is 165 Å². The molecule has 0 aliphatic heterocycles. The summed E-state index contributed by atoms with van der Waals surface area (Å²) in [5, 5.41) is 0.597. The third-order valence-corrected chi connectivity index (χ3v) is 6.17. The Morgan fingerprint density at radius 2 is 1.85 bits per heavy atom. The minimum atomic E-state index is -3.75. The van der Waals surface area contributed by atoms with Gasteiger partial charge in [-0.15, -0.1) is 0 Å². The van der Waals surface area contributed by atoms with Crippen LogP contribution >= 0.6 is 11.6 Å². The van der Waals surface area contributed by atoms with Crippen LogP contribution in [0, 0.1) is 0 Å². The Kier molecular flexibility index (Phi) is 6.86. The molecule has 0 atom stereocenters. The fourth-order valence-electron chi connectivity index (χ4n) is 2.57. The molecule has 27 heavy (non-hydrogen) atoms. The molecule has 0 saturated carbocycles. The molecule has 0 unspecified atom stereocenters. The molecule has 0 heterocycles. The number of nitrogens with zero attached hydrogens (tertiary/aromatic N) is 2. The molecular weight excluding hydrogens is 388 g/mol. The lowest BCUT2D eigenvalue weighted by atomic mass is 10.1. The average molecular weight is 411 g/mol. The third kappa shape index (κ3) is 4.80. The van der Waals surface area contributed by atoms with Crippen molar-refractivity contribution in [2.45, 2.75) is 18.4 Å². The van der Waals surface area contributed by atoms with Gasteiger partial charge in [0.05, 0.1) is 7.11 Å². The zero-order valence-corrected chi connectivity index (χ0v) is 17.3. The Morgan fingerprint density at radius 1 is 1.15 bits per heavy atom. The van der Waals surface area contributed by atoms with E-state index in [-0.39, 0.29) is 22.1 Å². The van der Waals surface area contributed by atoms with Crippen molar-refractivity contribution in [3.05, 3.63) is 58.6 Å². The van der Waals surface area contributed by atoms with Crippen molar-refractivity contribution in [2.75, 3.05) is 27.7 Å². The van der Waals surface area contributed by atoms with E-state index in [1.165, 1.54) is 33.3 Å². The highest BCUT2D eigenvalue weighted by atomic mass is 35.5. The second-order valence-corrected chi connectivity index (χ2v) is 8.66. The first-order chi connectivity index (χ1) is 12.7. The van der Waals surface area contributed by atoms with Crippen molar-refractivity contribution < 1.29 is 17.9 Å². The standard InChI is InChI=1S/C19H23ClN2O4S/c1-5-22(13-14-7-6-8-16(20)11-14)19(23)15-9-10-17(26-4)18(12-15)27(24,25)21(2)3/h6-12H,5,13H2,1-4H3. The summed E-state index contributed by atoms with van der Waals surface area (Å²) < 4.78 is 31.4. The molecule has 0 spiro atoms. The van der Waals surface area contributed by atoms with E-state index in [0.29, 0.717) is 18.1 Å². The Balaban J connectivity index is 2.39. The van der Waals surface area contributed by atoms with E-state index in [1.54, 1.807) is 23.1 Å². The number of methoxy groups -OCH3 is 1. The van der Waals surface area contributed by atoms with Gasteiger partial charge in [0.25, 0.3) is 5.91 Å². The number of amides is 1. The highest BCUT2D eigenvalue weighted by molar-refractivity contribution is 7.89. The molecule has 0 aromatic heterocycles. The zero-order chi connectivity index (χ0) is 20.2. The number of benzene rings is 2. The molecule has 0 fully saturated rings. The molecule has 146 valence electrons. The largest absolute Gasteiger partial charge is 0.495 e. The van der Waals surface area contributed by atoms with E-state index in [1.807, 2.05) is 19.1 Å². The van der Waals surface area contributed by atoms with Gasteiger partial charge in [0.1, 0.15) is 10.6 Å². The summed E-state index contributed by atoms with van der Waals surface area (Å²) >= 11 is 6.01. The van der Waals surface area contributed by atoms with Crippen molar-refractivity contribution in [1.82, 2.24) is 9.21 Å². The first-order valence-electron chi connectivity index (χ1n) is 8.35. The van der Waals surface area contributed by atoms with Crippen LogP contribution in [0.4, 0.5) is 0 Å². The van der Waals surface area contributed by atoms with Gasteiger partial charge >= 0.3 is 0 Å². The molecule has 6 nitrogen and oxygen atoms in total. The summed E-state index contributed by atoms with van der Waals surface area (Å²) in [5.74, 6) is -0.0755. The van der Waals surface area contributed by atoms with Crippen LogP contribution in [0.5, 0.6) is 5.75 Å². The molecule has 1 amide bonds. The number of halogens is 1. The van der Waals surface area contributed by atoms with Crippen molar-refractivity contribution in [3.8, 4) is 5.75 Å². The first kappa shape index (κ1) is 21.2. The zero-order valence-electron chi connectivity index (χ0n) is 15.8. The summed E-state index contributed by atoms with van der Waals surface area (Å²) in [6, 6.07) is 11.7. The highest BCUT2D eigenvalue weighted by Crippen LogP contribution is 2.27. The maximum Gasteiger partial charge on any atom is 0.254 e. The molecular formula is C19H23ClN2O4S. The van der Waals surface area contributed by atoms with Gasteiger partial charge in [0.15, 0.2) is 0 Å². The van der Waals surface area contributed by atoms with Crippen LogP contribution in [0.15, 0.2) is 47.4 Å². The van der Waals surface area contributed by atoms with Crippen molar-refractivity contribution >= 4 is 27.5 Å². The predicted molar refractivity (Wildman–Crippen MR) is 106 cm³/mol. The fraction of sp³-hybridized carbons (Fsp3) is 0.316. The van der Waals surface area contributed by atoms with Gasteiger partial charge in [0.2, 0.25) is 10.0 Å². The molecule has 2 aromatic carbocycles. The maximum absolute atomic E-state index is 13.0. The van der Waals surface area contributed by atoms with Gasteiger partial charge in [0, 0.05) is 37.8 Å². The van der Waals surface area contributed by atoms with Crippen molar-refractivity contribution in [1.29, 1.82) is 0 Å². The first-order valence-corrected chi connectivity index (χ1v) is 10.2. The predicted octanol–water partition coefficient (Wildman–Crippen LogP) is 3.26. The number of hydrogen-bond acceptors (Lipinski definition) is 4. The minimum absolute atomic E-state index is 0.0420. The quantitative estimate of drug-likeness (QED) is 0.702. The smallest absolute Gasteiger partial charge is 0.254 e. The second-order valence-electron chi connectivity index (χ2n) is 6.10. The van der Waals surface area contributed by atoms with Crippen molar-refractivity contribution in [2.24, 2.45) is 0 Å². The second kappa shape index (κ2) is 8.73. The van der Waals surface area contributed by atoms with Crippen molar-refractivity contribution in [3.63, 3.8) is 0 Å². The number of rotatable bonds is 7. The topological polar surface area (TPSA) is 66.9 Å². The van der Waals surface area contributed by atoms with Gasteiger partial charge in [-0.2, -0.15) is 0 Å². The van der Waals surface area contributed by atoms with Crippen LogP contribution in [-0.2, 0) is 16.6 Å². The molecule has 0 aliphatic carbocycles. The summed E-state index contributed by atoms with van der Waals surface area (Å²) in [6.45, 7) is 2.70. The normalized spacial score (nSPS) is 11.5. The van der Waals surface area contributed by atoms with Crippen LogP contribution in [0.1, 0.15) is 22.8 Å². The molecule has 8 heteroatoms. The van der Waals surface area contributed by atoms with Crippen LogP contribution < -0.4 is 4.74 Å². The van der Waals surface area contributed by atoms with Crippen LogP contribution in [0.25, 0.3) is 0 Å². The number of sulfonamides is 1. The molecule has 2 rings (SSSR count). The van der Waals surface area contributed by atoms with E-state index in [2.05, 4.69) is 0 Å². The maximum atomic E-state index is 13.0. The third-order valence-electron chi connectivity index (χ3n) is 4.10. The lowest BCUT2D eigenvalue weighted by Crippen LogP contribution is -2.30. The summed E-state index contributed by atoms with van der Waals surface area (Å²) in [5.41, 5.74) is 1.17. The Morgan fingerprint density at radius 3 is 2.41 bits per heavy atom. The number of ether oxygens (including phenoxy) is 1. The van der Waals surface area contributed by atoms with Crippen LogP contribution in [0.2, 0.25) is 5.02 Å². The lowest BCUT2D eigenvalue weighted by molar-refractivity contribution is 0.0752. The number of hydrogen-bond donors (Lipinski definition) is 0. The molecule has 0 radical (unpaired) electrons. The van der Waals surface area contributed by atoms with Gasteiger partial charge < -0.3 is 9.64 Å². The van der Waals surface area contributed by atoms with E-state index < -0.39 is 10.0 Å². The lowest BCUT2D eigenvalue weighted by Gasteiger charge is -2.22. The molecule has 0 saturated heterocycles. The van der Waals surface area contributed by atoms with Gasteiger partial charge in [-0.1, -0.05) is 23.7 Å².